The first kappa shape index (κ1) is 27.0. The third-order valence-corrected chi connectivity index (χ3v) is 9.32. The minimum atomic E-state index is -4.11. The molecule has 3 aromatic carbocycles. The number of fused-ring (bicyclic) bond motifs is 4. The molecule has 0 saturated carbocycles. The molecule has 0 radical (unpaired) electrons. The molecular weight excluding hydrogens is 616 g/mol. The van der Waals surface area contributed by atoms with Gasteiger partial charge in [-0.25, -0.2) is 0 Å². The van der Waals surface area contributed by atoms with E-state index in [9.17, 15) is 25.9 Å². The van der Waals surface area contributed by atoms with Crippen LogP contribution in [0.4, 0.5) is 5.69 Å². The molecule has 38 heavy (non-hydrogen) atoms. The predicted octanol–water partition coefficient (Wildman–Crippen LogP) is 4.86. The first-order valence-corrected chi connectivity index (χ1v) is 16.5. The summed E-state index contributed by atoms with van der Waals surface area (Å²) >= 11 is 4.99. The highest BCUT2D eigenvalue weighted by atomic mass is 79.9. The van der Waals surface area contributed by atoms with Crippen molar-refractivity contribution in [3.05, 3.63) is 70.0 Å². The van der Waals surface area contributed by atoms with E-state index in [2.05, 4.69) is 15.9 Å². The van der Waals surface area contributed by atoms with Crippen LogP contribution >= 0.6 is 27.3 Å². The third-order valence-electron chi connectivity index (χ3n) is 6.12. The number of hydrogen-bond donors (Lipinski definition) is 2. The standard InChI is InChI=1S/C25H23BrN2O7S3/c26-18-8-9-21-20(15-18)27(11-3-13-37(29,30)31)23(35-21)16-24-28(12-4-14-38(32,33)34)25-19-6-2-1-5-17(19)7-10-22(25)36-24/h1-2,5-10,15-16H,3-4,11-14H2,(H-,29,30,31,32,33,34)/p+1. The normalized spacial score (nSPS) is 14.9. The Bertz CT molecular complexity index is 1780. The Balaban J connectivity index is 1.60. The topological polar surface area (TPSA) is 125 Å². The van der Waals surface area contributed by atoms with Gasteiger partial charge in [0, 0.05) is 17.4 Å². The Kier molecular flexibility index (Phi) is 7.50. The molecule has 0 unspecified atom stereocenters. The van der Waals surface area contributed by atoms with Crippen molar-refractivity contribution in [3.63, 3.8) is 0 Å². The number of halogens is 1. The van der Waals surface area contributed by atoms with Gasteiger partial charge in [-0.1, -0.05) is 51.5 Å². The number of thiazole rings is 1. The number of aryl methyl sites for hydroxylation is 1. The molecule has 0 atom stereocenters. The van der Waals surface area contributed by atoms with Crippen LogP contribution in [0, 0.1) is 0 Å². The molecular formula is C25H24BrN2O7S3+. The molecule has 200 valence electrons. The van der Waals surface area contributed by atoms with Crippen LogP contribution in [0.2, 0.25) is 0 Å². The lowest BCUT2D eigenvalue weighted by atomic mass is 10.1. The lowest BCUT2D eigenvalue weighted by molar-refractivity contribution is -0.667. The highest BCUT2D eigenvalue weighted by molar-refractivity contribution is 9.10. The largest absolute Gasteiger partial charge is 0.438 e. The Morgan fingerprint density at radius 2 is 1.71 bits per heavy atom. The second-order valence-corrected chi connectivity index (χ2v) is 14.0. The summed E-state index contributed by atoms with van der Waals surface area (Å²) in [5.41, 5.74) is 1.71. The van der Waals surface area contributed by atoms with Gasteiger partial charge in [0.2, 0.25) is 11.4 Å². The maximum Gasteiger partial charge on any atom is 0.268 e. The molecule has 0 aliphatic carbocycles. The maximum atomic E-state index is 11.4. The minimum Gasteiger partial charge on any atom is -0.438 e. The fraction of sp³-hybridized carbons (Fsp3) is 0.240. The molecule has 5 rings (SSSR count). The molecule has 2 N–H and O–H groups in total. The number of ether oxygens (including phenoxy) is 1. The molecule has 9 nitrogen and oxygen atoms in total. The Hall–Kier alpha value is -2.55. The highest BCUT2D eigenvalue weighted by Gasteiger charge is 2.30. The van der Waals surface area contributed by atoms with E-state index < -0.39 is 20.2 Å². The average molecular weight is 641 g/mol. The number of aromatic nitrogens is 1. The smallest absolute Gasteiger partial charge is 0.268 e. The average Bonchev–Trinajstić information content (AvgIpc) is 3.35. The van der Waals surface area contributed by atoms with E-state index >= 15 is 0 Å². The Morgan fingerprint density at radius 3 is 2.47 bits per heavy atom. The lowest BCUT2D eigenvalue weighted by Gasteiger charge is -2.17. The van der Waals surface area contributed by atoms with Crippen LogP contribution in [0.1, 0.15) is 17.8 Å². The van der Waals surface area contributed by atoms with Crippen LogP contribution in [0.5, 0.6) is 5.75 Å². The van der Waals surface area contributed by atoms with Gasteiger partial charge >= 0.3 is 0 Å². The summed E-state index contributed by atoms with van der Waals surface area (Å²) in [6.07, 6.45) is 2.24. The van der Waals surface area contributed by atoms with E-state index in [1.807, 2.05) is 70.1 Å². The number of benzene rings is 3. The number of hydrogen-bond acceptors (Lipinski definition) is 7. The first-order chi connectivity index (χ1) is 18.0. The van der Waals surface area contributed by atoms with E-state index in [-0.39, 0.29) is 30.9 Å². The van der Waals surface area contributed by atoms with Crippen LogP contribution in [0.25, 0.3) is 27.1 Å². The van der Waals surface area contributed by atoms with Gasteiger partial charge in [0.15, 0.2) is 12.3 Å². The van der Waals surface area contributed by atoms with Gasteiger partial charge in [0.1, 0.15) is 4.70 Å². The lowest BCUT2D eigenvalue weighted by Crippen LogP contribution is -2.36. The first-order valence-electron chi connectivity index (χ1n) is 11.7. The molecule has 4 aromatic rings. The number of nitrogens with zero attached hydrogens (tertiary/aromatic N) is 2. The molecule has 0 amide bonds. The van der Waals surface area contributed by atoms with Crippen molar-refractivity contribution in [1.29, 1.82) is 0 Å². The summed E-state index contributed by atoms with van der Waals surface area (Å²) in [6, 6.07) is 17.5. The van der Waals surface area contributed by atoms with Crippen LogP contribution in [-0.2, 0) is 26.8 Å². The molecule has 1 aliphatic heterocycles. The molecule has 0 fully saturated rings. The van der Waals surface area contributed by atoms with E-state index in [4.69, 9.17) is 4.74 Å². The van der Waals surface area contributed by atoms with Gasteiger partial charge in [-0.2, -0.15) is 21.4 Å². The summed E-state index contributed by atoms with van der Waals surface area (Å²) in [6.45, 7) is 0.625. The van der Waals surface area contributed by atoms with Crippen molar-refractivity contribution in [2.45, 2.75) is 19.4 Å². The van der Waals surface area contributed by atoms with E-state index in [0.29, 0.717) is 18.2 Å². The van der Waals surface area contributed by atoms with E-state index in [1.165, 1.54) is 11.3 Å². The van der Waals surface area contributed by atoms with Crippen LogP contribution in [0.3, 0.4) is 0 Å². The van der Waals surface area contributed by atoms with Crippen molar-refractivity contribution in [3.8, 4) is 5.75 Å². The number of rotatable bonds is 9. The van der Waals surface area contributed by atoms with Crippen molar-refractivity contribution in [2.75, 3.05) is 23.0 Å². The SMILES string of the molecule is O=S(=O)(O)CCCN1C(=Cc2sc3ccc4ccccc4c3[n+]2CCCS(=O)(=O)O)Oc2ccc(Br)cc21. The van der Waals surface area contributed by atoms with Crippen molar-refractivity contribution in [1.82, 2.24) is 0 Å². The number of anilines is 1. The second kappa shape index (κ2) is 10.5. The summed E-state index contributed by atoms with van der Waals surface area (Å²) in [7, 11) is -8.22. The monoisotopic (exact) mass is 639 g/mol. The van der Waals surface area contributed by atoms with Gasteiger partial charge in [0.25, 0.3) is 25.2 Å². The minimum absolute atomic E-state index is 0.177. The summed E-state index contributed by atoms with van der Waals surface area (Å²) < 4.78 is 74.0. The van der Waals surface area contributed by atoms with E-state index in [1.54, 1.807) is 0 Å². The molecule has 0 bridgehead atoms. The fourth-order valence-electron chi connectivity index (χ4n) is 4.53. The third kappa shape index (κ3) is 6.03. The second-order valence-electron chi connectivity index (χ2n) is 8.85. The molecule has 1 aromatic heterocycles. The molecule has 13 heteroatoms. The quantitative estimate of drug-likeness (QED) is 0.197. The molecule has 2 heterocycles. The zero-order chi connectivity index (χ0) is 27.1. The van der Waals surface area contributed by atoms with Crippen molar-refractivity contribution >= 4 is 80.3 Å². The van der Waals surface area contributed by atoms with Crippen molar-refractivity contribution < 1.29 is 35.2 Å². The Labute approximate surface area is 232 Å². The zero-order valence-corrected chi connectivity index (χ0v) is 24.0. The maximum absolute atomic E-state index is 11.4. The summed E-state index contributed by atoms with van der Waals surface area (Å²) in [5.74, 6) is 0.337. The zero-order valence-electron chi connectivity index (χ0n) is 19.9. The van der Waals surface area contributed by atoms with Crippen LogP contribution in [-0.4, -0.2) is 44.0 Å². The fourth-order valence-corrected chi connectivity index (χ4v) is 7.00. The highest BCUT2D eigenvalue weighted by Crippen LogP contribution is 2.42. The Morgan fingerprint density at radius 1 is 0.974 bits per heavy atom. The van der Waals surface area contributed by atoms with Gasteiger partial charge in [-0.05, 0) is 42.1 Å². The summed E-state index contributed by atoms with van der Waals surface area (Å²) in [5, 5.41) is 2.86. The van der Waals surface area contributed by atoms with Crippen molar-refractivity contribution in [2.24, 2.45) is 0 Å². The summed E-state index contributed by atoms with van der Waals surface area (Å²) in [4.78, 5) is 1.86. The molecule has 1 aliphatic rings. The van der Waals surface area contributed by atoms with Gasteiger partial charge in [-0.3, -0.25) is 9.11 Å². The molecule has 0 spiro atoms. The predicted molar refractivity (Wildman–Crippen MR) is 152 cm³/mol. The van der Waals surface area contributed by atoms with Gasteiger partial charge < -0.3 is 9.64 Å². The van der Waals surface area contributed by atoms with E-state index in [0.717, 1.165) is 36.2 Å². The van der Waals surface area contributed by atoms with Crippen LogP contribution < -0.4 is 14.2 Å². The molecule has 0 saturated heterocycles. The van der Waals surface area contributed by atoms with Crippen LogP contribution in [0.15, 0.2) is 65.0 Å². The van der Waals surface area contributed by atoms with Gasteiger partial charge in [0.05, 0.1) is 28.7 Å². The van der Waals surface area contributed by atoms with Gasteiger partial charge in [-0.15, -0.1) is 0 Å².